The van der Waals surface area contributed by atoms with E-state index in [0.717, 1.165) is 16.4 Å². The minimum atomic E-state index is -0.201. The van der Waals surface area contributed by atoms with E-state index in [2.05, 4.69) is 20.2 Å². The Morgan fingerprint density at radius 2 is 1.84 bits per heavy atom. The van der Waals surface area contributed by atoms with E-state index in [-0.39, 0.29) is 5.56 Å². The summed E-state index contributed by atoms with van der Waals surface area (Å²) in [4.78, 5) is 17.1. The van der Waals surface area contributed by atoms with Crippen molar-refractivity contribution in [1.29, 1.82) is 0 Å². The van der Waals surface area contributed by atoms with Gasteiger partial charge in [-0.15, -0.1) is 15.0 Å². The summed E-state index contributed by atoms with van der Waals surface area (Å²) in [5.74, 6) is 0. The molecule has 8 nitrogen and oxygen atoms in total. The Labute approximate surface area is 141 Å². The van der Waals surface area contributed by atoms with Crippen LogP contribution in [0.2, 0.25) is 0 Å². The van der Waals surface area contributed by atoms with Crippen LogP contribution in [-0.4, -0.2) is 19.6 Å². The van der Waals surface area contributed by atoms with Crippen molar-refractivity contribution in [3.63, 3.8) is 0 Å². The maximum Gasteiger partial charge on any atom is 0.278 e. The second-order valence-electron chi connectivity index (χ2n) is 5.49. The van der Waals surface area contributed by atoms with Crippen LogP contribution in [0.3, 0.4) is 0 Å². The second kappa shape index (κ2) is 5.77. The summed E-state index contributed by atoms with van der Waals surface area (Å²) >= 11 is 0. The smallest absolute Gasteiger partial charge is 0.278 e. The summed E-state index contributed by atoms with van der Waals surface area (Å²) in [6.45, 7) is 2.36. The van der Waals surface area contributed by atoms with Crippen molar-refractivity contribution < 1.29 is 0 Å². The zero-order chi connectivity index (χ0) is 17.4. The molecule has 8 heteroatoms. The molecule has 2 heterocycles. The Morgan fingerprint density at radius 3 is 2.48 bits per heavy atom. The summed E-state index contributed by atoms with van der Waals surface area (Å²) < 4.78 is 1.62. The normalized spacial score (nSPS) is 10.9. The molecule has 0 amide bonds. The van der Waals surface area contributed by atoms with Crippen LogP contribution in [0.5, 0.6) is 0 Å². The number of hydrogen-bond donors (Lipinski definition) is 0. The molecule has 0 aliphatic rings. The average Bonchev–Trinajstić information content (AvgIpc) is 3.05. The molecule has 0 unspecified atom stereocenters. The van der Waals surface area contributed by atoms with Crippen LogP contribution in [0.25, 0.3) is 38.1 Å². The molecule has 0 bridgehead atoms. The van der Waals surface area contributed by atoms with Crippen molar-refractivity contribution in [2.75, 3.05) is 0 Å². The first-order valence-electron chi connectivity index (χ1n) is 7.76. The predicted molar refractivity (Wildman–Crippen MR) is 95.1 cm³/mol. The molecule has 0 fully saturated rings. The number of hydrogen-bond acceptors (Lipinski definition) is 4. The van der Waals surface area contributed by atoms with Crippen molar-refractivity contribution in [3.05, 3.63) is 69.3 Å². The van der Waals surface area contributed by atoms with E-state index >= 15 is 0 Å². The molecule has 0 saturated carbocycles. The number of azide groups is 1. The minimum absolute atomic E-state index is 0.201. The van der Waals surface area contributed by atoms with Crippen molar-refractivity contribution >= 4 is 27.6 Å². The number of benzene rings is 2. The molecule has 0 atom stereocenters. The maximum atomic E-state index is 12.9. The van der Waals surface area contributed by atoms with Gasteiger partial charge in [0.1, 0.15) is 11.0 Å². The zero-order valence-corrected chi connectivity index (χ0v) is 13.4. The fourth-order valence-electron chi connectivity index (χ4n) is 2.88. The molecule has 0 N–H and O–H groups in total. The lowest BCUT2D eigenvalue weighted by molar-refractivity contribution is 0.708. The number of aryl methyl sites for hydroxylation is 1. The Bertz CT molecular complexity index is 1180. The minimum Gasteiger partial charge on any atom is -0.307 e. The van der Waals surface area contributed by atoms with Gasteiger partial charge in [-0.1, -0.05) is 29.4 Å². The third kappa shape index (κ3) is 2.41. The lowest BCUT2D eigenvalue weighted by Crippen LogP contribution is -2.25. The molecule has 4 aromatic rings. The van der Waals surface area contributed by atoms with Crippen LogP contribution >= 0.6 is 0 Å². The molecule has 0 aliphatic heterocycles. The van der Waals surface area contributed by atoms with Crippen molar-refractivity contribution in [3.8, 4) is 5.69 Å². The summed E-state index contributed by atoms with van der Waals surface area (Å²) in [5, 5.41) is 13.2. The van der Waals surface area contributed by atoms with Gasteiger partial charge < -0.3 is 4.57 Å². The highest BCUT2D eigenvalue weighted by Gasteiger charge is 2.13. The van der Waals surface area contributed by atoms with E-state index in [1.807, 2.05) is 37.3 Å². The van der Waals surface area contributed by atoms with Gasteiger partial charge in [0.05, 0.1) is 5.52 Å². The van der Waals surface area contributed by atoms with E-state index in [9.17, 15) is 4.79 Å². The van der Waals surface area contributed by atoms with Crippen LogP contribution in [0.4, 0.5) is 5.69 Å². The Balaban J connectivity index is 2.01. The quantitative estimate of drug-likeness (QED) is 0.325. The number of nitrogens with zero attached hydrogens (tertiary/aromatic N) is 7. The molecule has 2 aromatic carbocycles. The summed E-state index contributed by atoms with van der Waals surface area (Å²) in [6, 6.07) is 14.4. The van der Waals surface area contributed by atoms with E-state index in [1.165, 1.54) is 4.80 Å². The van der Waals surface area contributed by atoms with E-state index in [1.54, 1.807) is 22.8 Å². The standard InChI is InChI=1S/C17H13N7O/c1-2-23-15-10-12(19-22-18)8-7-11(15)9-16(17(23)25)24-20-13-5-3-4-6-14(13)21-24/h3-10H,2H2,1H3. The summed E-state index contributed by atoms with van der Waals surface area (Å²) in [7, 11) is 0. The molecule has 0 spiro atoms. The van der Waals surface area contributed by atoms with Gasteiger partial charge in [-0.2, -0.15) is 0 Å². The number of pyridine rings is 1. The van der Waals surface area contributed by atoms with Gasteiger partial charge in [0, 0.05) is 22.5 Å². The summed E-state index contributed by atoms with van der Waals surface area (Å²) in [5.41, 5.74) is 11.4. The zero-order valence-electron chi connectivity index (χ0n) is 13.4. The van der Waals surface area contributed by atoms with Crippen LogP contribution in [0.15, 0.2) is 58.4 Å². The van der Waals surface area contributed by atoms with Crippen molar-refractivity contribution in [2.45, 2.75) is 13.5 Å². The highest BCUT2D eigenvalue weighted by atomic mass is 16.1. The van der Waals surface area contributed by atoms with Gasteiger partial charge in [0.25, 0.3) is 5.56 Å². The molecular formula is C17H13N7O. The molecule has 122 valence electrons. The molecule has 25 heavy (non-hydrogen) atoms. The maximum absolute atomic E-state index is 12.9. The van der Waals surface area contributed by atoms with Crippen LogP contribution in [0.1, 0.15) is 6.92 Å². The topological polar surface area (TPSA) is 101 Å². The van der Waals surface area contributed by atoms with E-state index in [0.29, 0.717) is 23.4 Å². The Kier molecular flexibility index (Phi) is 3.45. The van der Waals surface area contributed by atoms with Crippen molar-refractivity contribution in [1.82, 2.24) is 19.6 Å². The Hall–Kier alpha value is -3.64. The molecule has 0 saturated heterocycles. The monoisotopic (exact) mass is 331 g/mol. The van der Waals surface area contributed by atoms with E-state index < -0.39 is 0 Å². The molecule has 0 radical (unpaired) electrons. The average molecular weight is 331 g/mol. The van der Waals surface area contributed by atoms with Gasteiger partial charge in [-0.3, -0.25) is 4.79 Å². The number of rotatable bonds is 3. The summed E-state index contributed by atoms with van der Waals surface area (Å²) in [6.07, 6.45) is 0. The fourth-order valence-corrected chi connectivity index (χ4v) is 2.88. The Morgan fingerprint density at radius 1 is 1.12 bits per heavy atom. The number of aromatic nitrogens is 4. The number of fused-ring (bicyclic) bond motifs is 2. The third-order valence-electron chi connectivity index (χ3n) is 4.04. The van der Waals surface area contributed by atoms with Gasteiger partial charge in [0.15, 0.2) is 5.69 Å². The second-order valence-corrected chi connectivity index (χ2v) is 5.49. The van der Waals surface area contributed by atoms with Crippen molar-refractivity contribution in [2.24, 2.45) is 5.11 Å². The van der Waals surface area contributed by atoms with Gasteiger partial charge in [0.2, 0.25) is 0 Å². The van der Waals surface area contributed by atoms with Gasteiger partial charge in [-0.05, 0) is 36.7 Å². The lowest BCUT2D eigenvalue weighted by Gasteiger charge is -2.11. The molecular weight excluding hydrogens is 318 g/mol. The highest BCUT2D eigenvalue weighted by molar-refractivity contribution is 5.84. The molecule has 0 aliphatic carbocycles. The lowest BCUT2D eigenvalue weighted by atomic mass is 10.2. The van der Waals surface area contributed by atoms with Crippen LogP contribution in [-0.2, 0) is 6.54 Å². The van der Waals surface area contributed by atoms with Gasteiger partial charge >= 0.3 is 0 Å². The SMILES string of the molecule is CCn1c(=O)c(-n2nc3ccccc3n2)cc2ccc(N=[N+]=[N-])cc21. The first-order chi connectivity index (χ1) is 12.2. The van der Waals surface area contributed by atoms with Gasteiger partial charge in [-0.25, -0.2) is 0 Å². The molecule has 4 rings (SSSR count). The van der Waals surface area contributed by atoms with Crippen LogP contribution in [0, 0.1) is 0 Å². The predicted octanol–water partition coefficient (Wildman–Crippen LogP) is 3.70. The van der Waals surface area contributed by atoms with Crippen LogP contribution < -0.4 is 5.56 Å². The highest BCUT2D eigenvalue weighted by Crippen LogP contribution is 2.22. The third-order valence-corrected chi connectivity index (χ3v) is 4.04. The first-order valence-corrected chi connectivity index (χ1v) is 7.76. The largest absolute Gasteiger partial charge is 0.307 e. The fraction of sp³-hybridized carbons (Fsp3) is 0.118. The molecule has 2 aromatic heterocycles. The van der Waals surface area contributed by atoms with E-state index in [4.69, 9.17) is 5.53 Å². The first kappa shape index (κ1) is 14.9.